The molecule has 5 rings (SSSR count). The van der Waals surface area contributed by atoms with Crippen molar-refractivity contribution in [1.29, 1.82) is 0 Å². The van der Waals surface area contributed by atoms with Gasteiger partial charge in [0.25, 0.3) is 0 Å². The summed E-state index contributed by atoms with van der Waals surface area (Å²) < 4.78 is 6.29. The zero-order valence-corrected chi connectivity index (χ0v) is 27.2. The average Bonchev–Trinajstić information content (AvgIpc) is 2.93. The number of allylic oxidation sites excluding steroid dienone is 1. The lowest BCUT2D eigenvalue weighted by molar-refractivity contribution is -0.244. The minimum Gasteiger partial charge on any atom is -0.458 e. The van der Waals surface area contributed by atoms with Crippen LogP contribution in [-0.2, 0) is 4.74 Å². The number of carbonyl (C=O) groups excluding carboxylic acids is 1. The van der Waals surface area contributed by atoms with Crippen LogP contribution in [0.3, 0.4) is 0 Å². The Hall–Kier alpha value is -1.61. The molecule has 4 fully saturated rings. The first-order chi connectivity index (χ1) is 19.3. The highest BCUT2D eigenvalue weighted by Gasteiger charge is 2.68. The maximum absolute atomic E-state index is 13.1. The first-order valence-electron chi connectivity index (χ1n) is 16.9. The second-order valence-electron chi connectivity index (χ2n) is 16.1. The van der Waals surface area contributed by atoms with Crippen LogP contribution in [0.15, 0.2) is 42.5 Å². The summed E-state index contributed by atoms with van der Waals surface area (Å²) in [6, 6.07) is 9.51. The fraction of sp³-hybridized carbons (Fsp3) is 0.763. The molecule has 9 unspecified atom stereocenters. The lowest BCUT2D eigenvalue weighted by atomic mass is 9.32. The number of carbonyl (C=O) groups is 1. The van der Waals surface area contributed by atoms with E-state index in [1.165, 1.54) is 50.5 Å². The van der Waals surface area contributed by atoms with E-state index in [4.69, 9.17) is 4.74 Å². The summed E-state index contributed by atoms with van der Waals surface area (Å²) in [5, 5.41) is 10.6. The quantitative estimate of drug-likeness (QED) is 0.266. The van der Waals surface area contributed by atoms with Gasteiger partial charge in [-0.25, -0.2) is 4.79 Å². The molecule has 0 radical (unpaired) electrons. The second-order valence-corrected chi connectivity index (χ2v) is 16.1. The van der Waals surface area contributed by atoms with Crippen LogP contribution in [0, 0.1) is 57.2 Å². The molecule has 4 aliphatic rings. The summed E-state index contributed by atoms with van der Waals surface area (Å²) in [6.07, 6.45) is 11.9. The van der Waals surface area contributed by atoms with Crippen LogP contribution in [0.5, 0.6) is 0 Å². The Kier molecular flexibility index (Phi) is 8.38. The summed E-state index contributed by atoms with van der Waals surface area (Å²) in [5.41, 5.74) is 2.74. The predicted molar refractivity (Wildman–Crippen MR) is 168 cm³/mol. The van der Waals surface area contributed by atoms with E-state index in [1.54, 1.807) is 0 Å². The number of hydrogen-bond donors (Lipinski definition) is 1. The Bertz CT molecular complexity index is 1110. The monoisotopic (exact) mass is 562 g/mol. The van der Waals surface area contributed by atoms with Crippen molar-refractivity contribution in [2.45, 2.75) is 119 Å². The van der Waals surface area contributed by atoms with Gasteiger partial charge in [-0.05, 0) is 129 Å². The zero-order valence-electron chi connectivity index (χ0n) is 27.2. The summed E-state index contributed by atoms with van der Waals surface area (Å²) in [7, 11) is 0. The lowest BCUT2D eigenvalue weighted by Gasteiger charge is -2.72. The minimum atomic E-state index is -0.174. The fourth-order valence-electron chi connectivity index (χ4n) is 11.9. The second kappa shape index (κ2) is 11.1. The van der Waals surface area contributed by atoms with E-state index in [0.29, 0.717) is 47.7 Å². The average molecular weight is 563 g/mol. The summed E-state index contributed by atoms with van der Waals surface area (Å²) in [5.74, 6) is 3.17. The van der Waals surface area contributed by atoms with Crippen LogP contribution in [0.4, 0.5) is 0 Å². The van der Waals surface area contributed by atoms with E-state index >= 15 is 0 Å². The van der Waals surface area contributed by atoms with Gasteiger partial charge in [-0.1, -0.05) is 78.3 Å². The molecule has 0 amide bonds. The maximum atomic E-state index is 13.1. The van der Waals surface area contributed by atoms with E-state index in [2.05, 4.69) is 55.0 Å². The van der Waals surface area contributed by atoms with Gasteiger partial charge in [0, 0.05) is 12.0 Å². The molecular weight excluding hydrogens is 504 g/mol. The smallest absolute Gasteiger partial charge is 0.338 e. The molecule has 0 spiro atoms. The standard InChI is InChI=1S/C38H58O3/c1-9-13-28(25(2)3)33-27(24-39)18-22-37(7)29(33)16-17-31-36(6)21-20-32(41-34(40)26-14-11-10-12-15-26)35(4,5)30(36)19-23-38(31,37)8/h10-12,14-15,27-33,39H,2,9,13,16-24H2,1,3-8H3/t27?,28?,29?,30?,31?,32?,33?,36?,37-,38?/m1/s1. The molecule has 3 heteroatoms. The van der Waals surface area contributed by atoms with Crippen molar-refractivity contribution < 1.29 is 14.6 Å². The van der Waals surface area contributed by atoms with Crippen molar-refractivity contribution in [3.05, 3.63) is 48.0 Å². The molecule has 0 bridgehead atoms. The van der Waals surface area contributed by atoms with Gasteiger partial charge in [0.2, 0.25) is 0 Å². The molecule has 0 aliphatic heterocycles. The van der Waals surface area contributed by atoms with Crippen LogP contribution in [-0.4, -0.2) is 23.8 Å². The number of rotatable bonds is 7. The largest absolute Gasteiger partial charge is 0.458 e. The molecular formula is C38H58O3. The Morgan fingerprint density at radius 1 is 0.951 bits per heavy atom. The van der Waals surface area contributed by atoms with Crippen molar-refractivity contribution >= 4 is 5.97 Å². The number of esters is 1. The van der Waals surface area contributed by atoms with E-state index < -0.39 is 0 Å². The van der Waals surface area contributed by atoms with Gasteiger partial charge >= 0.3 is 5.97 Å². The van der Waals surface area contributed by atoms with E-state index in [0.717, 1.165) is 19.3 Å². The van der Waals surface area contributed by atoms with Crippen molar-refractivity contribution in [2.24, 2.45) is 57.2 Å². The molecule has 1 aromatic carbocycles. The maximum Gasteiger partial charge on any atom is 0.338 e. The molecule has 3 nitrogen and oxygen atoms in total. The van der Waals surface area contributed by atoms with Crippen molar-refractivity contribution in [1.82, 2.24) is 0 Å². The summed E-state index contributed by atoms with van der Waals surface area (Å²) in [4.78, 5) is 13.1. The van der Waals surface area contributed by atoms with Crippen LogP contribution >= 0.6 is 0 Å². The number of aliphatic hydroxyl groups excluding tert-OH is 1. The Morgan fingerprint density at radius 3 is 2.27 bits per heavy atom. The van der Waals surface area contributed by atoms with Crippen LogP contribution in [0.1, 0.15) is 123 Å². The van der Waals surface area contributed by atoms with E-state index in [-0.39, 0.29) is 33.7 Å². The van der Waals surface area contributed by atoms with E-state index in [9.17, 15) is 9.90 Å². The van der Waals surface area contributed by atoms with Gasteiger partial charge in [0.15, 0.2) is 0 Å². The van der Waals surface area contributed by atoms with Crippen LogP contribution in [0.2, 0.25) is 0 Å². The molecule has 41 heavy (non-hydrogen) atoms. The SMILES string of the molecule is C=C(C)C(CCC)C1C(CO)CC[C@]2(C)C1CCC1C3(C)CCC(OC(=O)c4ccccc4)C(C)(C)C3CCC12C. The molecule has 1 N–H and O–H groups in total. The first kappa shape index (κ1) is 30.8. The zero-order chi connectivity index (χ0) is 29.8. The highest BCUT2D eigenvalue weighted by atomic mass is 16.5. The number of fused-ring (bicyclic) bond motifs is 5. The molecule has 4 saturated carbocycles. The molecule has 0 heterocycles. The summed E-state index contributed by atoms with van der Waals surface area (Å²) in [6.45, 7) is 22.1. The highest BCUT2D eigenvalue weighted by molar-refractivity contribution is 5.89. The third kappa shape index (κ3) is 4.76. The van der Waals surface area contributed by atoms with Crippen molar-refractivity contribution in [2.75, 3.05) is 6.61 Å². The van der Waals surface area contributed by atoms with Gasteiger partial charge in [0.05, 0.1) is 5.56 Å². The van der Waals surface area contributed by atoms with Gasteiger partial charge in [-0.3, -0.25) is 0 Å². The molecule has 4 aliphatic carbocycles. The van der Waals surface area contributed by atoms with Gasteiger partial charge < -0.3 is 9.84 Å². The molecule has 1 aromatic rings. The van der Waals surface area contributed by atoms with Crippen LogP contribution < -0.4 is 0 Å². The predicted octanol–water partition coefficient (Wildman–Crippen LogP) is 9.50. The lowest BCUT2D eigenvalue weighted by Crippen LogP contribution is -2.66. The number of ether oxygens (including phenoxy) is 1. The normalized spacial score (nSPS) is 42.2. The third-order valence-corrected chi connectivity index (χ3v) is 14.1. The number of benzene rings is 1. The van der Waals surface area contributed by atoms with Crippen molar-refractivity contribution in [3.63, 3.8) is 0 Å². The molecule has 0 aromatic heterocycles. The molecule has 0 saturated heterocycles. The number of aliphatic hydroxyl groups is 1. The van der Waals surface area contributed by atoms with Crippen molar-refractivity contribution in [3.8, 4) is 0 Å². The summed E-state index contributed by atoms with van der Waals surface area (Å²) >= 11 is 0. The minimum absolute atomic E-state index is 0.0423. The van der Waals surface area contributed by atoms with E-state index in [1.807, 2.05) is 30.3 Å². The van der Waals surface area contributed by atoms with Gasteiger partial charge in [-0.2, -0.15) is 0 Å². The molecule has 10 atom stereocenters. The topological polar surface area (TPSA) is 46.5 Å². The highest BCUT2D eigenvalue weighted by Crippen LogP contribution is 2.75. The van der Waals surface area contributed by atoms with Gasteiger partial charge in [-0.15, -0.1) is 0 Å². The Morgan fingerprint density at radius 2 is 1.63 bits per heavy atom. The Balaban J connectivity index is 1.43. The van der Waals surface area contributed by atoms with Gasteiger partial charge in [0.1, 0.15) is 6.10 Å². The van der Waals surface area contributed by atoms with Crippen LogP contribution in [0.25, 0.3) is 0 Å². The Labute approximate surface area is 250 Å². The molecule has 228 valence electrons. The first-order valence-corrected chi connectivity index (χ1v) is 16.9. The third-order valence-electron chi connectivity index (χ3n) is 14.1. The fourth-order valence-corrected chi connectivity index (χ4v) is 11.9. The number of hydrogen-bond acceptors (Lipinski definition) is 3.